The minimum atomic E-state index is -0.560. The van der Waals surface area contributed by atoms with Crippen LogP contribution in [0.1, 0.15) is 43.7 Å². The molecular formula is C28H30N2O5. The van der Waals surface area contributed by atoms with Gasteiger partial charge in [-0.3, -0.25) is 24.1 Å². The average Bonchev–Trinajstić information content (AvgIpc) is 3.31. The van der Waals surface area contributed by atoms with Crippen molar-refractivity contribution in [3.05, 3.63) is 53.6 Å². The molecule has 1 saturated carbocycles. The zero-order chi connectivity index (χ0) is 24.9. The van der Waals surface area contributed by atoms with E-state index in [1.807, 2.05) is 32.0 Å². The number of carbonyl (C=O) groups is 4. The van der Waals surface area contributed by atoms with E-state index in [1.165, 1.54) is 4.90 Å². The molecule has 5 rings (SSSR count). The van der Waals surface area contributed by atoms with E-state index in [9.17, 15) is 19.2 Å². The van der Waals surface area contributed by atoms with Crippen molar-refractivity contribution in [2.45, 2.75) is 46.5 Å². The van der Waals surface area contributed by atoms with E-state index in [0.717, 1.165) is 36.1 Å². The first-order valence-corrected chi connectivity index (χ1v) is 12.3. The number of esters is 1. The summed E-state index contributed by atoms with van der Waals surface area (Å²) in [5.74, 6) is -1.08. The normalized spacial score (nSPS) is 26.3. The summed E-state index contributed by atoms with van der Waals surface area (Å²) in [4.78, 5) is 54.2. The lowest BCUT2D eigenvalue weighted by atomic mass is 9.76. The summed E-state index contributed by atoms with van der Waals surface area (Å²) in [6, 6.07) is 12.4. The molecule has 3 fully saturated rings. The molecule has 3 aliphatic rings. The summed E-state index contributed by atoms with van der Waals surface area (Å²) in [6.45, 7) is 6.35. The fraction of sp³-hybridized carbons (Fsp3) is 0.429. The highest BCUT2D eigenvalue weighted by Crippen LogP contribution is 2.42. The van der Waals surface area contributed by atoms with Gasteiger partial charge in [0.05, 0.1) is 23.4 Å². The van der Waals surface area contributed by atoms with Crippen molar-refractivity contribution >= 4 is 35.1 Å². The van der Waals surface area contributed by atoms with Crippen molar-refractivity contribution in [2.75, 3.05) is 16.3 Å². The number of anilines is 2. The standard InChI is InChI=1S/C28H30N2O5/c1-16-4-9-23-24(13-16)27(33)30(26(23)32)20-5-7-22(8-6-20)35-28(34)19-14-25(31)29(15-19)21-11-17(2)10-18(3)12-21/h5-8,10-12,16,19,23-24H,4,9,13-15H2,1-3H3/t16-,19+,23+,24-/m0/s1. The molecule has 7 nitrogen and oxygen atoms in total. The van der Waals surface area contributed by atoms with Crippen LogP contribution < -0.4 is 14.5 Å². The molecule has 0 N–H and O–H groups in total. The maximum atomic E-state index is 12.9. The Morgan fingerprint density at radius 1 is 0.886 bits per heavy atom. The number of fused-ring (bicyclic) bond motifs is 1. The molecule has 0 unspecified atom stereocenters. The molecule has 35 heavy (non-hydrogen) atoms. The lowest BCUT2D eigenvalue weighted by Crippen LogP contribution is -2.30. The largest absolute Gasteiger partial charge is 0.426 e. The van der Waals surface area contributed by atoms with Gasteiger partial charge >= 0.3 is 5.97 Å². The monoisotopic (exact) mass is 474 g/mol. The fourth-order valence-corrected chi connectivity index (χ4v) is 5.73. The molecule has 1 aliphatic carbocycles. The summed E-state index contributed by atoms with van der Waals surface area (Å²) in [5.41, 5.74) is 3.41. The second kappa shape index (κ2) is 8.95. The predicted molar refractivity (Wildman–Crippen MR) is 131 cm³/mol. The second-order valence-corrected chi connectivity index (χ2v) is 10.3. The Labute approximate surface area is 205 Å². The molecule has 7 heteroatoms. The number of aryl methyl sites for hydroxylation is 2. The van der Waals surface area contributed by atoms with Crippen molar-refractivity contribution < 1.29 is 23.9 Å². The Morgan fingerprint density at radius 3 is 2.23 bits per heavy atom. The summed E-state index contributed by atoms with van der Waals surface area (Å²) in [5, 5.41) is 0. The van der Waals surface area contributed by atoms with Crippen molar-refractivity contribution in [3.63, 3.8) is 0 Å². The smallest absolute Gasteiger partial charge is 0.316 e. The van der Waals surface area contributed by atoms with E-state index in [4.69, 9.17) is 4.74 Å². The number of hydrogen-bond donors (Lipinski definition) is 0. The maximum absolute atomic E-state index is 12.9. The fourth-order valence-electron chi connectivity index (χ4n) is 5.73. The van der Waals surface area contributed by atoms with Crippen molar-refractivity contribution in [3.8, 4) is 5.75 Å². The number of hydrogen-bond acceptors (Lipinski definition) is 5. The minimum absolute atomic E-state index is 0.0991. The van der Waals surface area contributed by atoms with Gasteiger partial charge in [-0.25, -0.2) is 0 Å². The molecule has 0 aromatic heterocycles. The molecule has 2 aliphatic heterocycles. The zero-order valence-electron chi connectivity index (χ0n) is 20.3. The molecule has 2 aromatic rings. The summed E-state index contributed by atoms with van der Waals surface area (Å²) in [7, 11) is 0. The highest BCUT2D eigenvalue weighted by atomic mass is 16.5. The number of carbonyl (C=O) groups excluding carboxylic acids is 4. The van der Waals surface area contributed by atoms with Gasteiger partial charge in [0.25, 0.3) is 0 Å². The SMILES string of the molecule is Cc1cc(C)cc(N2C[C@H](C(=O)Oc3ccc(N4C(=O)[C@H]5C[C@@H](C)CC[C@H]5C4=O)cc3)CC2=O)c1. The van der Waals surface area contributed by atoms with Crippen molar-refractivity contribution in [1.29, 1.82) is 0 Å². The third kappa shape index (κ3) is 4.35. The van der Waals surface area contributed by atoms with Crippen LogP contribution in [-0.2, 0) is 19.2 Å². The van der Waals surface area contributed by atoms with Gasteiger partial charge in [-0.2, -0.15) is 0 Å². The zero-order valence-corrected chi connectivity index (χ0v) is 20.3. The van der Waals surface area contributed by atoms with Crippen molar-refractivity contribution in [1.82, 2.24) is 0 Å². The Balaban J connectivity index is 1.25. The number of nitrogens with zero attached hydrogens (tertiary/aromatic N) is 2. The van der Waals surface area contributed by atoms with Crippen LogP contribution in [0.4, 0.5) is 11.4 Å². The summed E-state index contributed by atoms with van der Waals surface area (Å²) in [6.07, 6.45) is 2.57. The molecule has 2 saturated heterocycles. The first-order chi connectivity index (χ1) is 16.7. The van der Waals surface area contributed by atoms with Crippen LogP contribution in [0.2, 0.25) is 0 Å². The molecular weight excluding hydrogens is 444 g/mol. The molecule has 2 aromatic carbocycles. The highest BCUT2D eigenvalue weighted by Gasteiger charge is 2.50. The van der Waals surface area contributed by atoms with E-state index in [1.54, 1.807) is 29.2 Å². The van der Waals surface area contributed by atoms with E-state index in [0.29, 0.717) is 17.4 Å². The quantitative estimate of drug-likeness (QED) is 0.377. The molecule has 182 valence electrons. The van der Waals surface area contributed by atoms with E-state index < -0.39 is 11.9 Å². The summed E-state index contributed by atoms with van der Waals surface area (Å²) >= 11 is 0. The van der Waals surface area contributed by atoms with E-state index in [2.05, 4.69) is 6.92 Å². The number of ether oxygens (including phenoxy) is 1. The van der Waals surface area contributed by atoms with Crippen LogP contribution in [0.25, 0.3) is 0 Å². The highest BCUT2D eigenvalue weighted by molar-refractivity contribution is 6.22. The number of amides is 3. The molecule has 0 bridgehead atoms. The maximum Gasteiger partial charge on any atom is 0.316 e. The Morgan fingerprint density at radius 2 is 1.54 bits per heavy atom. The van der Waals surface area contributed by atoms with Gasteiger partial charge in [0.15, 0.2) is 0 Å². The summed E-state index contributed by atoms with van der Waals surface area (Å²) < 4.78 is 5.55. The Bertz CT molecular complexity index is 1180. The predicted octanol–water partition coefficient (Wildman–Crippen LogP) is 4.19. The van der Waals surface area contributed by atoms with Gasteiger partial charge in [-0.05, 0) is 86.6 Å². The molecule has 2 heterocycles. The lowest BCUT2D eigenvalue weighted by molar-refractivity contribution is -0.139. The molecule has 0 spiro atoms. The van der Waals surface area contributed by atoms with Crippen LogP contribution in [0, 0.1) is 37.5 Å². The van der Waals surface area contributed by atoms with Gasteiger partial charge in [0.2, 0.25) is 17.7 Å². The third-order valence-electron chi connectivity index (χ3n) is 7.48. The topological polar surface area (TPSA) is 84.0 Å². The first-order valence-electron chi connectivity index (χ1n) is 12.3. The first kappa shape index (κ1) is 23.3. The Kier molecular flexibility index (Phi) is 5.95. The number of rotatable bonds is 4. The van der Waals surface area contributed by atoms with Crippen LogP contribution in [0.5, 0.6) is 5.75 Å². The van der Waals surface area contributed by atoms with Gasteiger partial charge in [-0.15, -0.1) is 0 Å². The minimum Gasteiger partial charge on any atom is -0.426 e. The molecule has 3 amide bonds. The van der Waals surface area contributed by atoms with E-state index >= 15 is 0 Å². The van der Waals surface area contributed by atoms with Gasteiger partial charge < -0.3 is 9.64 Å². The second-order valence-electron chi connectivity index (χ2n) is 10.3. The molecule has 0 radical (unpaired) electrons. The van der Waals surface area contributed by atoms with E-state index in [-0.39, 0.29) is 42.5 Å². The van der Waals surface area contributed by atoms with Gasteiger partial charge in [0.1, 0.15) is 5.75 Å². The number of imide groups is 1. The van der Waals surface area contributed by atoms with Crippen LogP contribution in [-0.4, -0.2) is 30.2 Å². The van der Waals surface area contributed by atoms with Crippen LogP contribution in [0.3, 0.4) is 0 Å². The van der Waals surface area contributed by atoms with Gasteiger partial charge in [0, 0.05) is 18.7 Å². The third-order valence-corrected chi connectivity index (χ3v) is 7.48. The lowest BCUT2D eigenvalue weighted by Gasteiger charge is -2.25. The Hall–Kier alpha value is -3.48. The average molecular weight is 475 g/mol. The molecule has 4 atom stereocenters. The van der Waals surface area contributed by atoms with Crippen LogP contribution >= 0.6 is 0 Å². The van der Waals surface area contributed by atoms with Crippen LogP contribution in [0.15, 0.2) is 42.5 Å². The van der Waals surface area contributed by atoms with Gasteiger partial charge in [-0.1, -0.05) is 13.0 Å². The number of benzene rings is 2. The van der Waals surface area contributed by atoms with Crippen molar-refractivity contribution in [2.24, 2.45) is 23.7 Å².